The van der Waals surface area contributed by atoms with Crippen LogP contribution in [0.5, 0.6) is 0 Å². The average Bonchev–Trinajstić information content (AvgIpc) is 2.72. The Morgan fingerprint density at radius 2 is 1.79 bits per heavy atom. The standard InChI is InChI=1S/C23H28N4O2/c1-15(2)16-10-12-17(13-11-16)19(24)14-25-22(28)9-5-8-21-26-20-7-4-3-6-18(20)23(29)27-21/h3-4,6-7,10-13,15,19H,5,8-9,14,24H2,1-2H3,(H,25,28)(H,26,27,29). The summed E-state index contributed by atoms with van der Waals surface area (Å²) in [5.74, 6) is 1.03. The number of nitrogens with zero attached hydrogens (tertiary/aromatic N) is 1. The second-order valence-electron chi connectivity index (χ2n) is 7.62. The zero-order valence-corrected chi connectivity index (χ0v) is 16.9. The minimum Gasteiger partial charge on any atom is -0.354 e. The molecular formula is C23H28N4O2. The summed E-state index contributed by atoms with van der Waals surface area (Å²) in [5, 5.41) is 3.46. The summed E-state index contributed by atoms with van der Waals surface area (Å²) in [6.07, 6.45) is 1.50. The second kappa shape index (κ2) is 9.47. The summed E-state index contributed by atoms with van der Waals surface area (Å²) in [6, 6.07) is 15.2. The van der Waals surface area contributed by atoms with Crippen LogP contribution in [0.1, 0.15) is 55.6 Å². The molecule has 3 rings (SSSR count). The van der Waals surface area contributed by atoms with Crippen molar-refractivity contribution in [2.24, 2.45) is 5.73 Å². The Bertz CT molecular complexity index is 1020. The van der Waals surface area contributed by atoms with Crippen molar-refractivity contribution in [3.63, 3.8) is 0 Å². The van der Waals surface area contributed by atoms with Gasteiger partial charge in [-0.3, -0.25) is 9.59 Å². The Kier molecular flexibility index (Phi) is 6.77. The van der Waals surface area contributed by atoms with Gasteiger partial charge in [0.25, 0.3) is 5.56 Å². The topological polar surface area (TPSA) is 101 Å². The zero-order chi connectivity index (χ0) is 20.8. The molecule has 0 aliphatic rings. The first-order chi connectivity index (χ1) is 13.9. The van der Waals surface area contributed by atoms with E-state index in [4.69, 9.17) is 5.73 Å². The first kappa shape index (κ1) is 20.7. The predicted octanol–water partition coefficient (Wildman–Crippen LogP) is 3.19. The molecule has 1 unspecified atom stereocenters. The van der Waals surface area contributed by atoms with Crippen LogP contribution in [0.25, 0.3) is 10.9 Å². The Morgan fingerprint density at radius 1 is 1.10 bits per heavy atom. The van der Waals surface area contributed by atoms with Gasteiger partial charge in [-0.15, -0.1) is 0 Å². The zero-order valence-electron chi connectivity index (χ0n) is 16.9. The minimum absolute atomic E-state index is 0.0533. The van der Waals surface area contributed by atoms with Crippen molar-refractivity contribution < 1.29 is 4.79 Å². The Morgan fingerprint density at radius 3 is 2.52 bits per heavy atom. The number of H-pyrrole nitrogens is 1. The van der Waals surface area contributed by atoms with Crippen LogP contribution in [0.2, 0.25) is 0 Å². The smallest absolute Gasteiger partial charge is 0.258 e. The van der Waals surface area contributed by atoms with E-state index >= 15 is 0 Å². The molecule has 0 aliphatic heterocycles. The van der Waals surface area contributed by atoms with E-state index in [1.165, 1.54) is 5.56 Å². The highest BCUT2D eigenvalue weighted by atomic mass is 16.1. The number of para-hydroxylation sites is 1. The molecule has 0 bridgehead atoms. The molecule has 1 aromatic heterocycles. The second-order valence-corrected chi connectivity index (χ2v) is 7.62. The van der Waals surface area contributed by atoms with Crippen molar-refractivity contribution >= 4 is 16.8 Å². The Hall–Kier alpha value is -2.99. The van der Waals surface area contributed by atoms with Crippen LogP contribution < -0.4 is 16.6 Å². The van der Waals surface area contributed by atoms with Crippen LogP contribution in [-0.4, -0.2) is 22.4 Å². The summed E-state index contributed by atoms with van der Waals surface area (Å²) in [4.78, 5) is 31.5. The number of rotatable bonds is 8. The Balaban J connectivity index is 1.46. The van der Waals surface area contributed by atoms with Crippen molar-refractivity contribution in [1.82, 2.24) is 15.3 Å². The largest absolute Gasteiger partial charge is 0.354 e. The number of nitrogens with two attached hydrogens (primary N) is 1. The van der Waals surface area contributed by atoms with Gasteiger partial charge in [0.2, 0.25) is 5.91 Å². The van der Waals surface area contributed by atoms with Gasteiger partial charge >= 0.3 is 0 Å². The van der Waals surface area contributed by atoms with Crippen LogP contribution in [0.3, 0.4) is 0 Å². The quantitative estimate of drug-likeness (QED) is 0.548. The van der Waals surface area contributed by atoms with Crippen LogP contribution >= 0.6 is 0 Å². The summed E-state index contributed by atoms with van der Waals surface area (Å²) in [7, 11) is 0. The number of carbonyl (C=O) groups excluding carboxylic acids is 1. The Labute approximate surface area is 170 Å². The van der Waals surface area contributed by atoms with Crippen molar-refractivity contribution in [2.75, 3.05) is 6.54 Å². The van der Waals surface area contributed by atoms with E-state index in [0.29, 0.717) is 48.5 Å². The van der Waals surface area contributed by atoms with Gasteiger partial charge in [0.05, 0.1) is 10.9 Å². The number of amides is 1. The van der Waals surface area contributed by atoms with Gasteiger partial charge in [0, 0.05) is 25.4 Å². The maximum Gasteiger partial charge on any atom is 0.258 e. The van der Waals surface area contributed by atoms with Gasteiger partial charge in [0.1, 0.15) is 5.82 Å². The average molecular weight is 393 g/mol. The first-order valence-electron chi connectivity index (χ1n) is 10.0. The maximum atomic E-state index is 12.1. The third kappa shape index (κ3) is 5.51. The van der Waals surface area contributed by atoms with E-state index in [2.05, 4.69) is 41.3 Å². The number of hydrogen-bond acceptors (Lipinski definition) is 4. The van der Waals surface area contributed by atoms with E-state index in [0.717, 1.165) is 5.56 Å². The first-order valence-corrected chi connectivity index (χ1v) is 10.0. The predicted molar refractivity (Wildman–Crippen MR) is 116 cm³/mol. The van der Waals surface area contributed by atoms with Gasteiger partial charge in [-0.1, -0.05) is 50.2 Å². The number of carbonyl (C=O) groups is 1. The fourth-order valence-corrected chi connectivity index (χ4v) is 3.23. The molecule has 6 heteroatoms. The molecular weight excluding hydrogens is 364 g/mol. The van der Waals surface area contributed by atoms with Crippen LogP contribution in [0.4, 0.5) is 0 Å². The third-order valence-corrected chi connectivity index (χ3v) is 5.03. The molecule has 1 heterocycles. The molecule has 0 saturated heterocycles. The molecule has 2 aromatic carbocycles. The third-order valence-electron chi connectivity index (χ3n) is 5.03. The van der Waals surface area contributed by atoms with Crippen LogP contribution in [0, 0.1) is 0 Å². The highest BCUT2D eigenvalue weighted by Gasteiger charge is 2.10. The van der Waals surface area contributed by atoms with E-state index in [1.807, 2.05) is 30.3 Å². The van der Waals surface area contributed by atoms with Crippen LogP contribution in [-0.2, 0) is 11.2 Å². The molecule has 152 valence electrons. The van der Waals surface area contributed by atoms with Gasteiger partial charge in [-0.05, 0) is 35.6 Å². The number of hydrogen-bond donors (Lipinski definition) is 3. The molecule has 0 spiro atoms. The summed E-state index contributed by atoms with van der Waals surface area (Å²) in [5.41, 5.74) is 8.99. The molecule has 0 fully saturated rings. The minimum atomic E-state index is -0.237. The number of fused-ring (bicyclic) bond motifs is 1. The summed E-state index contributed by atoms with van der Waals surface area (Å²) < 4.78 is 0. The number of benzene rings is 2. The molecule has 1 amide bonds. The lowest BCUT2D eigenvalue weighted by molar-refractivity contribution is -0.121. The van der Waals surface area contributed by atoms with E-state index in [1.54, 1.807) is 6.07 Å². The van der Waals surface area contributed by atoms with Gasteiger partial charge in [-0.2, -0.15) is 0 Å². The highest BCUT2D eigenvalue weighted by molar-refractivity contribution is 5.77. The molecule has 29 heavy (non-hydrogen) atoms. The maximum absolute atomic E-state index is 12.1. The normalized spacial score (nSPS) is 12.3. The summed E-state index contributed by atoms with van der Waals surface area (Å²) in [6.45, 7) is 4.70. The molecule has 1 atom stereocenters. The highest BCUT2D eigenvalue weighted by Crippen LogP contribution is 2.17. The van der Waals surface area contributed by atoms with Crippen molar-refractivity contribution in [1.29, 1.82) is 0 Å². The molecule has 0 aliphatic carbocycles. The van der Waals surface area contributed by atoms with Gasteiger partial charge in [0.15, 0.2) is 0 Å². The van der Waals surface area contributed by atoms with Gasteiger partial charge < -0.3 is 16.0 Å². The molecule has 0 saturated carbocycles. The SMILES string of the molecule is CC(C)c1ccc(C(N)CNC(=O)CCCc2nc3ccccc3c(=O)[nH]2)cc1. The lowest BCUT2D eigenvalue weighted by Gasteiger charge is -2.14. The van der Waals surface area contributed by atoms with E-state index < -0.39 is 0 Å². The van der Waals surface area contributed by atoms with Crippen molar-refractivity contribution in [2.45, 2.75) is 45.1 Å². The fourth-order valence-electron chi connectivity index (χ4n) is 3.23. The van der Waals surface area contributed by atoms with Crippen molar-refractivity contribution in [3.8, 4) is 0 Å². The van der Waals surface area contributed by atoms with Crippen molar-refractivity contribution in [3.05, 3.63) is 75.8 Å². The number of nitrogens with one attached hydrogen (secondary N) is 2. The van der Waals surface area contributed by atoms with E-state index in [-0.39, 0.29) is 17.5 Å². The molecule has 4 N–H and O–H groups in total. The lowest BCUT2D eigenvalue weighted by atomic mass is 9.99. The molecule has 0 radical (unpaired) electrons. The summed E-state index contributed by atoms with van der Waals surface area (Å²) >= 11 is 0. The van der Waals surface area contributed by atoms with Crippen LogP contribution in [0.15, 0.2) is 53.3 Å². The number of aryl methyl sites for hydroxylation is 1. The van der Waals surface area contributed by atoms with E-state index in [9.17, 15) is 9.59 Å². The van der Waals surface area contributed by atoms with Gasteiger partial charge in [-0.25, -0.2) is 4.98 Å². The lowest BCUT2D eigenvalue weighted by Crippen LogP contribution is -2.31. The fraction of sp³-hybridized carbons (Fsp3) is 0.348. The number of aromatic nitrogens is 2. The monoisotopic (exact) mass is 392 g/mol. The molecule has 6 nitrogen and oxygen atoms in total. The number of aromatic amines is 1. The molecule has 3 aromatic rings.